The molecule has 0 saturated heterocycles. The lowest BCUT2D eigenvalue weighted by Gasteiger charge is -2.61. The second-order valence-electron chi connectivity index (χ2n) is 9.43. The van der Waals surface area contributed by atoms with Crippen molar-refractivity contribution in [3.63, 3.8) is 0 Å². The molecule has 0 aromatic rings. The summed E-state index contributed by atoms with van der Waals surface area (Å²) in [6.45, 7) is 4.30. The van der Waals surface area contributed by atoms with Gasteiger partial charge in [-0.1, -0.05) is 12.5 Å². The summed E-state index contributed by atoms with van der Waals surface area (Å²) in [5.41, 5.74) is -0.643. The number of aliphatic hydroxyl groups excluding tert-OH is 1. The fourth-order valence-corrected chi connectivity index (χ4v) is 7.25. The summed E-state index contributed by atoms with van der Waals surface area (Å²) in [6.07, 6.45) is 7.45. The molecular weight excluding hydrogens is 344 g/mol. The number of rotatable bonds is 3. The van der Waals surface area contributed by atoms with Crippen LogP contribution in [0.3, 0.4) is 0 Å². The van der Waals surface area contributed by atoms with E-state index in [0.29, 0.717) is 32.3 Å². The number of fused-ring (bicyclic) bond motifs is 5. The molecule has 0 amide bonds. The Kier molecular flexibility index (Phi) is 4.54. The second kappa shape index (κ2) is 6.41. The topological polar surface area (TPSA) is 83.8 Å². The summed E-state index contributed by atoms with van der Waals surface area (Å²) in [6, 6.07) is 0. The molecule has 5 nitrogen and oxygen atoms in total. The van der Waals surface area contributed by atoms with Gasteiger partial charge in [-0.25, -0.2) is 0 Å². The largest absolute Gasteiger partial charge is 0.466 e. The fourth-order valence-electron chi connectivity index (χ4n) is 7.25. The number of hydrogen-bond donors (Lipinski definition) is 2. The summed E-state index contributed by atoms with van der Waals surface area (Å²) in [5, 5.41) is 22.3. The molecule has 0 aromatic carbocycles. The molecule has 0 spiro atoms. The first-order valence-corrected chi connectivity index (χ1v) is 10.6. The SMILES string of the molecule is CCOC(=O)C1CCC2(O)C3CCC4=CC(=O)CCC4(CO)C3CCC12C. The fraction of sp³-hybridized carbons (Fsp3) is 0.818. The Morgan fingerprint density at radius 1 is 1.19 bits per heavy atom. The molecule has 0 aliphatic heterocycles. The van der Waals surface area contributed by atoms with E-state index in [4.69, 9.17) is 4.74 Å². The van der Waals surface area contributed by atoms with Crippen LogP contribution in [0, 0.1) is 28.6 Å². The standard InChI is InChI=1S/C22H32O5/c1-3-27-19(25)18-8-11-22(26)17-5-4-14-12-15(24)6-10-21(14,13-23)16(17)7-9-20(18,22)2/h12,16-18,23,26H,3-11,13H2,1-2H3. The van der Waals surface area contributed by atoms with Crippen LogP contribution in [0.15, 0.2) is 11.6 Å². The van der Waals surface area contributed by atoms with Crippen molar-refractivity contribution in [2.45, 2.75) is 70.8 Å². The Bertz CT molecular complexity index is 684. The van der Waals surface area contributed by atoms with Gasteiger partial charge in [-0.3, -0.25) is 9.59 Å². The average Bonchev–Trinajstić information content (AvgIpc) is 2.93. The first kappa shape index (κ1) is 19.1. The van der Waals surface area contributed by atoms with Gasteiger partial charge in [0.2, 0.25) is 0 Å². The first-order valence-electron chi connectivity index (χ1n) is 10.6. The van der Waals surface area contributed by atoms with Crippen LogP contribution >= 0.6 is 0 Å². The van der Waals surface area contributed by atoms with Gasteiger partial charge >= 0.3 is 5.97 Å². The monoisotopic (exact) mass is 376 g/mol. The highest BCUT2D eigenvalue weighted by Gasteiger charge is 2.68. The van der Waals surface area contributed by atoms with Crippen molar-refractivity contribution in [3.05, 3.63) is 11.6 Å². The van der Waals surface area contributed by atoms with E-state index in [1.165, 1.54) is 0 Å². The van der Waals surface area contributed by atoms with Crippen molar-refractivity contribution >= 4 is 11.8 Å². The molecule has 4 rings (SSSR count). The molecule has 0 bridgehead atoms. The molecule has 6 unspecified atom stereocenters. The zero-order chi connectivity index (χ0) is 19.4. The maximum atomic E-state index is 12.6. The zero-order valence-corrected chi connectivity index (χ0v) is 16.5. The van der Waals surface area contributed by atoms with E-state index in [1.807, 2.05) is 6.92 Å². The molecule has 4 aliphatic carbocycles. The molecule has 27 heavy (non-hydrogen) atoms. The Labute approximate surface area is 161 Å². The van der Waals surface area contributed by atoms with E-state index >= 15 is 0 Å². The molecule has 4 aliphatic rings. The smallest absolute Gasteiger partial charge is 0.309 e. The van der Waals surface area contributed by atoms with Crippen LogP contribution in [0.5, 0.6) is 0 Å². The van der Waals surface area contributed by atoms with E-state index in [0.717, 1.165) is 31.3 Å². The summed E-state index contributed by atoms with van der Waals surface area (Å²) >= 11 is 0. The predicted octanol–water partition coefficient (Wildman–Crippen LogP) is 2.78. The average molecular weight is 376 g/mol. The van der Waals surface area contributed by atoms with Gasteiger partial charge in [0.05, 0.1) is 24.7 Å². The highest BCUT2D eigenvalue weighted by atomic mass is 16.5. The predicted molar refractivity (Wildman–Crippen MR) is 99.7 cm³/mol. The lowest BCUT2D eigenvalue weighted by Crippen LogP contribution is -2.62. The molecule has 0 aromatic heterocycles. The second-order valence-corrected chi connectivity index (χ2v) is 9.43. The van der Waals surface area contributed by atoms with Crippen molar-refractivity contribution < 1.29 is 24.5 Å². The van der Waals surface area contributed by atoms with Gasteiger partial charge in [0.15, 0.2) is 5.78 Å². The van der Waals surface area contributed by atoms with Crippen molar-refractivity contribution in [1.29, 1.82) is 0 Å². The third-order valence-corrected chi connectivity index (χ3v) is 8.73. The van der Waals surface area contributed by atoms with Crippen LogP contribution in [0.4, 0.5) is 0 Å². The molecule has 150 valence electrons. The Hall–Kier alpha value is -1.20. The van der Waals surface area contributed by atoms with Crippen LogP contribution < -0.4 is 0 Å². The van der Waals surface area contributed by atoms with Gasteiger partial charge in [0.25, 0.3) is 0 Å². The van der Waals surface area contributed by atoms with E-state index in [-0.39, 0.29) is 41.5 Å². The van der Waals surface area contributed by atoms with Crippen LogP contribution in [0.25, 0.3) is 0 Å². The molecular formula is C22H32O5. The summed E-state index contributed by atoms with van der Waals surface area (Å²) < 4.78 is 5.32. The molecule has 0 heterocycles. The number of aliphatic hydroxyl groups is 2. The third kappa shape index (κ3) is 2.43. The summed E-state index contributed by atoms with van der Waals surface area (Å²) in [4.78, 5) is 24.5. The van der Waals surface area contributed by atoms with E-state index < -0.39 is 11.0 Å². The van der Waals surface area contributed by atoms with Crippen LogP contribution in [0.1, 0.15) is 65.2 Å². The lowest BCUT2D eigenvalue weighted by atomic mass is 9.45. The quantitative estimate of drug-likeness (QED) is 0.740. The summed E-state index contributed by atoms with van der Waals surface area (Å²) in [7, 11) is 0. The van der Waals surface area contributed by atoms with E-state index in [9.17, 15) is 19.8 Å². The van der Waals surface area contributed by atoms with E-state index in [1.54, 1.807) is 6.08 Å². The molecule has 3 saturated carbocycles. The number of ether oxygens (including phenoxy) is 1. The zero-order valence-electron chi connectivity index (χ0n) is 16.5. The van der Waals surface area contributed by atoms with Crippen molar-refractivity contribution in [2.24, 2.45) is 28.6 Å². The highest BCUT2D eigenvalue weighted by Crippen LogP contribution is 2.68. The molecule has 5 heteroatoms. The number of hydrogen-bond acceptors (Lipinski definition) is 5. The maximum Gasteiger partial charge on any atom is 0.309 e. The van der Waals surface area contributed by atoms with Crippen LogP contribution in [-0.2, 0) is 14.3 Å². The van der Waals surface area contributed by atoms with Gasteiger partial charge < -0.3 is 14.9 Å². The number of ketones is 1. The number of esters is 1. The van der Waals surface area contributed by atoms with Crippen molar-refractivity contribution in [1.82, 2.24) is 0 Å². The Balaban J connectivity index is 1.70. The first-order chi connectivity index (χ1) is 12.8. The number of carbonyl (C=O) groups is 2. The minimum Gasteiger partial charge on any atom is -0.466 e. The van der Waals surface area contributed by atoms with Crippen molar-refractivity contribution in [2.75, 3.05) is 13.2 Å². The Morgan fingerprint density at radius 2 is 1.96 bits per heavy atom. The lowest BCUT2D eigenvalue weighted by molar-refractivity contribution is -0.197. The van der Waals surface area contributed by atoms with Gasteiger partial charge in [-0.2, -0.15) is 0 Å². The van der Waals surface area contributed by atoms with E-state index in [2.05, 4.69) is 6.92 Å². The molecule has 6 atom stereocenters. The normalized spacial score (nSPS) is 46.1. The molecule has 3 fully saturated rings. The van der Waals surface area contributed by atoms with Crippen LogP contribution in [-0.4, -0.2) is 40.8 Å². The minimum atomic E-state index is -0.900. The van der Waals surface area contributed by atoms with Gasteiger partial charge in [-0.05, 0) is 69.8 Å². The number of carbonyl (C=O) groups excluding carboxylic acids is 2. The van der Waals surface area contributed by atoms with Gasteiger partial charge in [-0.15, -0.1) is 0 Å². The molecule has 2 N–H and O–H groups in total. The minimum absolute atomic E-state index is 0.0430. The third-order valence-electron chi connectivity index (χ3n) is 8.73. The van der Waals surface area contributed by atoms with Gasteiger partial charge in [0, 0.05) is 17.3 Å². The highest BCUT2D eigenvalue weighted by molar-refractivity contribution is 5.91. The Morgan fingerprint density at radius 3 is 2.67 bits per heavy atom. The molecule has 0 radical (unpaired) electrons. The van der Waals surface area contributed by atoms with Crippen molar-refractivity contribution in [3.8, 4) is 0 Å². The van der Waals surface area contributed by atoms with Crippen LogP contribution in [0.2, 0.25) is 0 Å². The maximum absolute atomic E-state index is 12.6. The van der Waals surface area contributed by atoms with Gasteiger partial charge in [0.1, 0.15) is 0 Å². The summed E-state index contributed by atoms with van der Waals surface area (Å²) in [5.74, 6) is -0.0258.